The molecule has 0 bridgehead atoms. The number of aromatic nitrogens is 2. The van der Waals surface area contributed by atoms with Crippen molar-refractivity contribution in [1.29, 1.82) is 0 Å². The van der Waals surface area contributed by atoms with Gasteiger partial charge in [0.05, 0.1) is 0 Å². The molecule has 4 nitrogen and oxygen atoms in total. The van der Waals surface area contributed by atoms with E-state index in [1.54, 1.807) is 0 Å². The summed E-state index contributed by atoms with van der Waals surface area (Å²) >= 11 is 0. The number of nitrogens with one attached hydrogen (secondary N) is 1. The van der Waals surface area contributed by atoms with E-state index in [1.807, 2.05) is 20.0 Å². The molecule has 0 aromatic carbocycles. The summed E-state index contributed by atoms with van der Waals surface area (Å²) in [5, 5.41) is 3.01. The largest absolute Gasteiger partial charge is 0.357 e. The van der Waals surface area contributed by atoms with Crippen LogP contribution in [0.15, 0.2) is 6.07 Å². The molecule has 1 aromatic heterocycles. The van der Waals surface area contributed by atoms with Gasteiger partial charge < -0.3 is 10.2 Å². The van der Waals surface area contributed by atoms with Crippen molar-refractivity contribution in [3.05, 3.63) is 11.8 Å². The molecule has 0 aliphatic heterocycles. The molecule has 0 spiro atoms. The fourth-order valence-corrected chi connectivity index (χ4v) is 1.77. The number of nitrogens with zero attached hydrogens (tertiary/aromatic N) is 3. The van der Waals surface area contributed by atoms with Crippen molar-refractivity contribution in [1.82, 2.24) is 9.97 Å². The summed E-state index contributed by atoms with van der Waals surface area (Å²) in [6, 6.07) is 2.49. The zero-order valence-electron chi connectivity index (χ0n) is 11.8. The fraction of sp³-hybridized carbons (Fsp3) is 0.692. The highest BCUT2D eigenvalue weighted by atomic mass is 15.2. The first kappa shape index (κ1) is 13.7. The quantitative estimate of drug-likeness (QED) is 0.853. The molecule has 0 atom stereocenters. The summed E-state index contributed by atoms with van der Waals surface area (Å²) in [6.07, 6.45) is 0. The summed E-state index contributed by atoms with van der Waals surface area (Å²) in [4.78, 5) is 11.2. The topological polar surface area (TPSA) is 41.1 Å². The Balaban J connectivity index is 3.04. The van der Waals surface area contributed by atoms with E-state index in [0.29, 0.717) is 17.9 Å². The minimum Gasteiger partial charge on any atom is -0.357 e. The number of hydrogen-bond acceptors (Lipinski definition) is 4. The van der Waals surface area contributed by atoms with Gasteiger partial charge >= 0.3 is 0 Å². The van der Waals surface area contributed by atoms with Crippen LogP contribution in [0, 0.1) is 12.8 Å². The van der Waals surface area contributed by atoms with Crippen LogP contribution in [-0.4, -0.2) is 29.6 Å². The third-order valence-corrected chi connectivity index (χ3v) is 2.54. The first-order valence-electron chi connectivity index (χ1n) is 6.24. The summed E-state index contributed by atoms with van der Waals surface area (Å²) in [6.45, 7) is 11.8. The van der Waals surface area contributed by atoms with Gasteiger partial charge in [0, 0.05) is 31.4 Å². The van der Waals surface area contributed by atoms with Crippen molar-refractivity contribution in [2.45, 2.75) is 40.7 Å². The van der Waals surface area contributed by atoms with Gasteiger partial charge in [0.2, 0.25) is 5.95 Å². The number of aryl methyl sites for hydroxylation is 1. The van der Waals surface area contributed by atoms with E-state index in [1.165, 1.54) is 0 Å². The zero-order chi connectivity index (χ0) is 13.0. The normalized spacial score (nSPS) is 11.1. The van der Waals surface area contributed by atoms with E-state index in [9.17, 15) is 0 Å². The van der Waals surface area contributed by atoms with E-state index in [4.69, 9.17) is 0 Å². The van der Waals surface area contributed by atoms with Gasteiger partial charge in [-0.3, -0.25) is 0 Å². The van der Waals surface area contributed by atoms with Crippen molar-refractivity contribution in [2.24, 2.45) is 5.92 Å². The van der Waals surface area contributed by atoms with Gasteiger partial charge in [-0.15, -0.1) is 0 Å². The Morgan fingerprint density at radius 1 is 1.24 bits per heavy atom. The number of rotatable bonds is 5. The molecule has 0 unspecified atom stereocenters. The molecule has 17 heavy (non-hydrogen) atoms. The molecule has 1 heterocycles. The average molecular weight is 236 g/mol. The van der Waals surface area contributed by atoms with Crippen molar-refractivity contribution in [3.63, 3.8) is 0 Å². The molecule has 1 rings (SSSR count). The number of hydrogen-bond donors (Lipinski definition) is 1. The van der Waals surface area contributed by atoms with Crippen LogP contribution in [0.1, 0.15) is 33.4 Å². The molecule has 1 aromatic rings. The minimum atomic E-state index is 0.441. The molecule has 0 amide bonds. The van der Waals surface area contributed by atoms with Crippen LogP contribution in [0.25, 0.3) is 0 Å². The van der Waals surface area contributed by atoms with Gasteiger partial charge in [0.1, 0.15) is 5.82 Å². The van der Waals surface area contributed by atoms with Gasteiger partial charge in [0.25, 0.3) is 0 Å². The Hall–Kier alpha value is -1.32. The maximum atomic E-state index is 4.53. The van der Waals surface area contributed by atoms with Gasteiger partial charge in [-0.1, -0.05) is 13.8 Å². The molecule has 0 fully saturated rings. The molecular formula is C13H24N4. The Morgan fingerprint density at radius 2 is 1.88 bits per heavy atom. The second-order valence-electron chi connectivity index (χ2n) is 5.08. The predicted octanol–water partition coefficient (Wildman–Crippen LogP) is 2.70. The average Bonchev–Trinajstić information content (AvgIpc) is 2.24. The standard InChI is InChI=1S/C13H24N4/c1-9(2)8-17(10(3)4)12-7-11(5)15-13(14-6)16-12/h7,9-10H,8H2,1-6H3,(H,14,15,16). The SMILES string of the molecule is CNc1nc(C)cc(N(CC(C)C)C(C)C)n1. The fourth-order valence-electron chi connectivity index (χ4n) is 1.77. The Morgan fingerprint density at radius 3 is 2.35 bits per heavy atom. The molecule has 4 heteroatoms. The maximum absolute atomic E-state index is 4.53. The van der Waals surface area contributed by atoms with Crippen LogP contribution >= 0.6 is 0 Å². The van der Waals surface area contributed by atoms with Crippen LogP contribution in [0.3, 0.4) is 0 Å². The van der Waals surface area contributed by atoms with E-state index in [-0.39, 0.29) is 0 Å². The van der Waals surface area contributed by atoms with E-state index >= 15 is 0 Å². The van der Waals surface area contributed by atoms with Crippen molar-refractivity contribution < 1.29 is 0 Å². The monoisotopic (exact) mass is 236 g/mol. The lowest BCUT2D eigenvalue weighted by molar-refractivity contribution is 0.565. The first-order valence-corrected chi connectivity index (χ1v) is 6.24. The van der Waals surface area contributed by atoms with Crippen LogP contribution in [0.5, 0.6) is 0 Å². The van der Waals surface area contributed by atoms with Crippen molar-refractivity contribution in [3.8, 4) is 0 Å². The molecule has 0 saturated carbocycles. The number of anilines is 2. The zero-order valence-corrected chi connectivity index (χ0v) is 11.8. The van der Waals surface area contributed by atoms with Crippen LogP contribution in [-0.2, 0) is 0 Å². The Bertz CT molecular complexity index is 360. The van der Waals surface area contributed by atoms with Crippen molar-refractivity contribution >= 4 is 11.8 Å². The third kappa shape index (κ3) is 3.88. The smallest absolute Gasteiger partial charge is 0.224 e. The predicted molar refractivity (Wildman–Crippen MR) is 73.6 cm³/mol. The van der Waals surface area contributed by atoms with Crippen molar-refractivity contribution in [2.75, 3.05) is 23.8 Å². The first-order chi connectivity index (χ1) is 7.93. The second kappa shape index (κ2) is 5.84. The summed E-state index contributed by atoms with van der Waals surface area (Å²) in [5.74, 6) is 2.31. The second-order valence-corrected chi connectivity index (χ2v) is 5.08. The Labute approximate surface area is 104 Å². The highest BCUT2D eigenvalue weighted by Gasteiger charge is 2.14. The molecule has 1 N–H and O–H groups in total. The maximum Gasteiger partial charge on any atom is 0.224 e. The summed E-state index contributed by atoms with van der Waals surface area (Å²) in [5.41, 5.74) is 0.994. The third-order valence-electron chi connectivity index (χ3n) is 2.54. The summed E-state index contributed by atoms with van der Waals surface area (Å²) < 4.78 is 0. The van der Waals surface area contributed by atoms with Crippen LogP contribution in [0.2, 0.25) is 0 Å². The molecule has 0 aliphatic rings. The molecule has 0 saturated heterocycles. The van der Waals surface area contributed by atoms with Crippen LogP contribution < -0.4 is 10.2 Å². The molecule has 0 aliphatic carbocycles. The highest BCUT2D eigenvalue weighted by molar-refractivity contribution is 5.45. The van der Waals surface area contributed by atoms with Crippen LogP contribution in [0.4, 0.5) is 11.8 Å². The van der Waals surface area contributed by atoms with E-state index < -0.39 is 0 Å². The lowest BCUT2D eigenvalue weighted by Gasteiger charge is -2.30. The molecule has 96 valence electrons. The van der Waals surface area contributed by atoms with Gasteiger partial charge in [-0.25, -0.2) is 4.98 Å². The lowest BCUT2D eigenvalue weighted by Crippen LogP contribution is -2.35. The Kier molecular flexibility index (Phi) is 4.73. The lowest BCUT2D eigenvalue weighted by atomic mass is 10.2. The van der Waals surface area contributed by atoms with Gasteiger partial charge in [-0.05, 0) is 26.7 Å². The van der Waals surface area contributed by atoms with Gasteiger partial charge in [-0.2, -0.15) is 4.98 Å². The molecule has 0 radical (unpaired) electrons. The highest BCUT2D eigenvalue weighted by Crippen LogP contribution is 2.18. The van der Waals surface area contributed by atoms with E-state index in [2.05, 4.69) is 47.9 Å². The van der Waals surface area contributed by atoms with E-state index in [0.717, 1.165) is 18.1 Å². The minimum absolute atomic E-state index is 0.441. The summed E-state index contributed by atoms with van der Waals surface area (Å²) in [7, 11) is 1.85. The molecular weight excluding hydrogens is 212 g/mol. The van der Waals surface area contributed by atoms with Gasteiger partial charge in [0.15, 0.2) is 0 Å².